The number of hydrogen-bond acceptors (Lipinski definition) is 3. The van der Waals surface area contributed by atoms with Crippen molar-refractivity contribution in [3.8, 4) is 11.1 Å². The van der Waals surface area contributed by atoms with E-state index < -0.39 is 23.1 Å². The molecule has 2 aromatic carbocycles. The second-order valence-corrected chi connectivity index (χ2v) is 8.03. The molecule has 0 radical (unpaired) electrons. The van der Waals surface area contributed by atoms with Crippen LogP contribution >= 0.6 is 11.6 Å². The molecule has 9 heteroatoms. The Kier molecular flexibility index (Phi) is 5.42. The average molecular weight is 460 g/mol. The van der Waals surface area contributed by atoms with Crippen molar-refractivity contribution < 1.29 is 23.1 Å². The summed E-state index contributed by atoms with van der Waals surface area (Å²) in [6.07, 6.45) is -1.51. The summed E-state index contributed by atoms with van der Waals surface area (Å²) in [4.78, 5) is 16.7. The maximum atomic E-state index is 12.9. The van der Waals surface area contributed by atoms with Gasteiger partial charge in [-0.2, -0.15) is 18.3 Å². The van der Waals surface area contributed by atoms with Crippen LogP contribution < -0.4 is 0 Å². The first kappa shape index (κ1) is 21.8. The van der Waals surface area contributed by atoms with E-state index in [1.807, 2.05) is 30.3 Å². The Hall–Kier alpha value is -3.39. The van der Waals surface area contributed by atoms with Crippen molar-refractivity contribution in [2.45, 2.75) is 24.9 Å². The third kappa shape index (κ3) is 3.82. The van der Waals surface area contributed by atoms with Gasteiger partial charge in [0.05, 0.1) is 22.5 Å². The van der Waals surface area contributed by atoms with Gasteiger partial charge in [0, 0.05) is 11.8 Å². The molecule has 1 N–H and O–H groups in total. The molecule has 0 spiro atoms. The van der Waals surface area contributed by atoms with Gasteiger partial charge in [-0.25, -0.2) is 9.50 Å². The summed E-state index contributed by atoms with van der Waals surface area (Å²) in [7, 11) is 0. The van der Waals surface area contributed by atoms with Gasteiger partial charge in [0.2, 0.25) is 0 Å². The van der Waals surface area contributed by atoms with Crippen molar-refractivity contribution in [3.05, 3.63) is 88.8 Å². The van der Waals surface area contributed by atoms with Crippen molar-refractivity contribution in [3.63, 3.8) is 0 Å². The van der Waals surface area contributed by atoms with Crippen molar-refractivity contribution in [2.75, 3.05) is 0 Å². The summed E-state index contributed by atoms with van der Waals surface area (Å²) in [6, 6.07) is 13.7. The molecule has 4 aromatic rings. The highest BCUT2D eigenvalue weighted by atomic mass is 35.5. The Labute approximate surface area is 186 Å². The molecule has 0 amide bonds. The zero-order valence-corrected chi connectivity index (χ0v) is 17.5. The maximum Gasteiger partial charge on any atom is 0.416 e. The number of alkyl halides is 3. The molecule has 0 saturated heterocycles. The quantitative estimate of drug-likeness (QED) is 0.418. The maximum absolute atomic E-state index is 12.9. The Bertz CT molecular complexity index is 1290. The summed E-state index contributed by atoms with van der Waals surface area (Å²) in [6.45, 7) is 1.56. The molecule has 164 valence electrons. The van der Waals surface area contributed by atoms with Gasteiger partial charge in [0.25, 0.3) is 0 Å². The molecule has 0 saturated carbocycles. The SMILES string of the molecule is C[C@](Cc1ccccc1)(C(=O)O)c1c(Cl)cnc2c(-c3ccc(C(F)(F)F)cc3)cnn12. The summed E-state index contributed by atoms with van der Waals surface area (Å²) in [5, 5.41) is 14.6. The molecule has 0 aliphatic carbocycles. The predicted molar refractivity (Wildman–Crippen MR) is 114 cm³/mol. The largest absolute Gasteiger partial charge is 0.481 e. The standard InChI is InChI=1S/C23H17ClF3N3O2/c1-22(21(31)32,11-14-5-3-2-4-6-14)19-18(24)13-28-20-17(12-29-30(19)20)15-7-9-16(10-8-15)23(25,26)27/h2-10,12-13H,11H2,1H3,(H,31,32)/t22-/m1/s1. The molecule has 2 heterocycles. The van der Waals surface area contributed by atoms with Crippen LogP contribution in [0.4, 0.5) is 13.2 Å². The molecule has 4 rings (SSSR count). The number of carbonyl (C=O) groups is 1. The fraction of sp³-hybridized carbons (Fsp3) is 0.174. The molecule has 0 bridgehead atoms. The fourth-order valence-electron chi connectivity index (χ4n) is 3.71. The van der Waals surface area contributed by atoms with E-state index in [4.69, 9.17) is 11.6 Å². The van der Waals surface area contributed by atoms with Crippen LogP contribution in [-0.2, 0) is 22.8 Å². The van der Waals surface area contributed by atoms with E-state index in [1.165, 1.54) is 29.0 Å². The second kappa shape index (κ2) is 7.94. The van der Waals surface area contributed by atoms with E-state index in [9.17, 15) is 23.1 Å². The number of fused-ring (bicyclic) bond motifs is 1. The van der Waals surface area contributed by atoms with Crippen LogP contribution in [0.25, 0.3) is 16.8 Å². The summed E-state index contributed by atoms with van der Waals surface area (Å²) in [5.41, 5.74) is 0.0499. The van der Waals surface area contributed by atoms with Gasteiger partial charge in [0.1, 0.15) is 5.41 Å². The number of halogens is 4. The van der Waals surface area contributed by atoms with Crippen LogP contribution in [0, 0.1) is 0 Å². The third-order valence-corrected chi connectivity index (χ3v) is 5.68. The lowest BCUT2D eigenvalue weighted by molar-refractivity contribution is -0.143. The Morgan fingerprint density at radius 1 is 1.06 bits per heavy atom. The fourth-order valence-corrected chi connectivity index (χ4v) is 4.05. The third-order valence-electron chi connectivity index (χ3n) is 5.40. The first-order chi connectivity index (χ1) is 15.1. The van der Waals surface area contributed by atoms with Gasteiger partial charge in [-0.1, -0.05) is 54.1 Å². The van der Waals surface area contributed by atoms with Gasteiger partial charge < -0.3 is 5.11 Å². The second-order valence-electron chi connectivity index (χ2n) is 7.62. The van der Waals surface area contributed by atoms with Crippen molar-refractivity contribution in [1.82, 2.24) is 14.6 Å². The number of hydrogen-bond donors (Lipinski definition) is 1. The molecule has 2 aromatic heterocycles. The van der Waals surface area contributed by atoms with E-state index in [-0.39, 0.29) is 17.1 Å². The lowest BCUT2D eigenvalue weighted by Crippen LogP contribution is -2.37. The minimum atomic E-state index is -4.45. The number of aromatic nitrogens is 3. The van der Waals surface area contributed by atoms with Crippen LogP contribution in [0.3, 0.4) is 0 Å². The summed E-state index contributed by atoms with van der Waals surface area (Å²) in [5.74, 6) is -1.10. The van der Waals surface area contributed by atoms with E-state index in [1.54, 1.807) is 6.92 Å². The molecule has 0 fully saturated rings. The number of aliphatic carboxylic acids is 1. The first-order valence-corrected chi connectivity index (χ1v) is 9.97. The topological polar surface area (TPSA) is 67.5 Å². The molecular formula is C23H17ClF3N3O2. The highest BCUT2D eigenvalue weighted by molar-refractivity contribution is 6.31. The number of benzene rings is 2. The predicted octanol–water partition coefficient (Wildman–Crippen LogP) is 5.65. The van der Waals surface area contributed by atoms with Crippen LogP contribution in [0.1, 0.15) is 23.7 Å². The minimum absolute atomic E-state index is 0.125. The summed E-state index contributed by atoms with van der Waals surface area (Å²) < 4.78 is 40.1. The van der Waals surface area contributed by atoms with E-state index in [0.29, 0.717) is 16.8 Å². The minimum Gasteiger partial charge on any atom is -0.481 e. The zero-order chi connectivity index (χ0) is 23.1. The molecule has 0 aliphatic rings. The smallest absolute Gasteiger partial charge is 0.416 e. The average Bonchev–Trinajstić information content (AvgIpc) is 3.17. The molecule has 1 atom stereocenters. The molecule has 0 aliphatic heterocycles. The van der Waals surface area contributed by atoms with E-state index >= 15 is 0 Å². The summed E-state index contributed by atoms with van der Waals surface area (Å²) >= 11 is 6.41. The first-order valence-electron chi connectivity index (χ1n) is 9.59. The van der Waals surface area contributed by atoms with Crippen LogP contribution in [0.2, 0.25) is 5.02 Å². The van der Waals surface area contributed by atoms with Crippen molar-refractivity contribution in [2.24, 2.45) is 0 Å². The van der Waals surface area contributed by atoms with Gasteiger partial charge in [0.15, 0.2) is 5.65 Å². The normalized spacial score (nSPS) is 13.8. The number of rotatable bonds is 5. The Morgan fingerprint density at radius 2 is 1.72 bits per heavy atom. The van der Waals surface area contributed by atoms with Crippen LogP contribution in [-0.4, -0.2) is 25.7 Å². The van der Waals surface area contributed by atoms with Gasteiger partial charge in [-0.05, 0) is 36.6 Å². The molecule has 5 nitrogen and oxygen atoms in total. The molecular weight excluding hydrogens is 443 g/mol. The Morgan fingerprint density at radius 3 is 2.31 bits per heavy atom. The number of carboxylic acids is 1. The van der Waals surface area contributed by atoms with Crippen LogP contribution in [0.15, 0.2) is 67.0 Å². The van der Waals surface area contributed by atoms with Gasteiger partial charge in [-0.3, -0.25) is 4.79 Å². The highest BCUT2D eigenvalue weighted by Crippen LogP contribution is 2.36. The zero-order valence-electron chi connectivity index (χ0n) is 16.8. The molecule has 0 unspecified atom stereocenters. The van der Waals surface area contributed by atoms with Crippen molar-refractivity contribution in [1.29, 1.82) is 0 Å². The van der Waals surface area contributed by atoms with E-state index in [2.05, 4.69) is 10.1 Å². The van der Waals surface area contributed by atoms with Gasteiger partial charge >= 0.3 is 12.1 Å². The van der Waals surface area contributed by atoms with E-state index in [0.717, 1.165) is 17.7 Å². The lowest BCUT2D eigenvalue weighted by atomic mass is 9.80. The number of nitrogens with zero attached hydrogens (tertiary/aromatic N) is 3. The van der Waals surface area contributed by atoms with Crippen LogP contribution in [0.5, 0.6) is 0 Å². The monoisotopic (exact) mass is 459 g/mol. The lowest BCUT2D eigenvalue weighted by Gasteiger charge is -2.26. The number of carboxylic acid groups (broad SMARTS) is 1. The molecule has 32 heavy (non-hydrogen) atoms. The Balaban J connectivity index is 1.85. The van der Waals surface area contributed by atoms with Crippen molar-refractivity contribution >= 4 is 23.2 Å². The highest BCUT2D eigenvalue weighted by Gasteiger charge is 2.40. The van der Waals surface area contributed by atoms with Gasteiger partial charge in [-0.15, -0.1) is 0 Å².